The Kier molecular flexibility index (Phi) is 4.01. The molecule has 0 spiro atoms. The lowest BCUT2D eigenvalue weighted by molar-refractivity contribution is -0.137. The Bertz CT molecular complexity index is 764. The topological polar surface area (TPSA) is 55.1 Å². The van der Waals surface area contributed by atoms with E-state index in [0.29, 0.717) is 6.54 Å². The van der Waals surface area contributed by atoms with Gasteiger partial charge in [-0.15, -0.1) is 0 Å². The lowest BCUT2D eigenvalue weighted by Crippen LogP contribution is -2.05. The smallest absolute Gasteiger partial charge is 0.305 e. The van der Waals surface area contributed by atoms with Gasteiger partial charge in [-0.05, 0) is 0 Å². The van der Waals surface area contributed by atoms with Crippen LogP contribution in [-0.4, -0.2) is 20.6 Å². The van der Waals surface area contributed by atoms with Crippen LogP contribution < -0.4 is 0 Å². The van der Waals surface area contributed by atoms with Crippen LogP contribution in [0.3, 0.4) is 0 Å². The van der Waals surface area contributed by atoms with E-state index in [0.717, 1.165) is 22.5 Å². The van der Waals surface area contributed by atoms with E-state index in [-0.39, 0.29) is 6.42 Å². The second kappa shape index (κ2) is 6.26. The Balaban J connectivity index is 2.09. The molecule has 1 heterocycles. The number of nitrogens with zero attached hydrogens (tertiary/aromatic N) is 2. The summed E-state index contributed by atoms with van der Waals surface area (Å²) in [6.45, 7) is 0.402. The Labute approximate surface area is 128 Å². The van der Waals surface area contributed by atoms with Crippen molar-refractivity contribution in [3.63, 3.8) is 0 Å². The average molecular weight is 292 g/mol. The molecule has 1 N–H and O–H groups in total. The maximum atomic E-state index is 10.9. The van der Waals surface area contributed by atoms with Crippen molar-refractivity contribution in [3.8, 4) is 22.5 Å². The quantitative estimate of drug-likeness (QED) is 0.780. The number of hydrogen-bond donors (Lipinski definition) is 1. The highest BCUT2D eigenvalue weighted by Gasteiger charge is 2.15. The van der Waals surface area contributed by atoms with Gasteiger partial charge in [-0.1, -0.05) is 60.7 Å². The van der Waals surface area contributed by atoms with Crippen molar-refractivity contribution in [2.75, 3.05) is 0 Å². The van der Waals surface area contributed by atoms with E-state index >= 15 is 0 Å². The fourth-order valence-electron chi connectivity index (χ4n) is 2.47. The summed E-state index contributed by atoms with van der Waals surface area (Å²) in [4.78, 5) is 15.4. The summed E-state index contributed by atoms with van der Waals surface area (Å²) >= 11 is 0. The minimum atomic E-state index is -0.811. The largest absolute Gasteiger partial charge is 0.481 e. The minimum absolute atomic E-state index is 0.0738. The third kappa shape index (κ3) is 2.91. The number of aryl methyl sites for hydroxylation is 1. The lowest BCUT2D eigenvalue weighted by Gasteiger charge is -2.09. The standard InChI is InChI=1S/C18H16N2O2/c21-16(22)11-12-20-13-19-17(14-7-3-1-4-8-14)18(20)15-9-5-2-6-10-15/h1-10,13H,11-12H2,(H,21,22). The molecule has 0 saturated heterocycles. The molecule has 0 unspecified atom stereocenters. The number of rotatable bonds is 5. The molecule has 1 aromatic heterocycles. The van der Waals surface area contributed by atoms with Crippen LogP contribution in [-0.2, 0) is 11.3 Å². The second-order valence-electron chi connectivity index (χ2n) is 5.01. The molecule has 0 bridgehead atoms. The van der Waals surface area contributed by atoms with E-state index < -0.39 is 5.97 Å². The molecule has 22 heavy (non-hydrogen) atoms. The molecule has 2 aromatic carbocycles. The van der Waals surface area contributed by atoms with Crippen LogP contribution in [0.4, 0.5) is 0 Å². The molecule has 0 aliphatic carbocycles. The molecule has 0 amide bonds. The first-order valence-corrected chi connectivity index (χ1v) is 7.13. The number of carboxylic acids is 1. The molecule has 0 radical (unpaired) electrons. The van der Waals surface area contributed by atoms with Crippen molar-refractivity contribution in [2.45, 2.75) is 13.0 Å². The molecule has 4 heteroatoms. The number of benzene rings is 2. The van der Waals surface area contributed by atoms with Gasteiger partial charge in [0, 0.05) is 17.7 Å². The van der Waals surface area contributed by atoms with Crippen LogP contribution in [0.5, 0.6) is 0 Å². The monoisotopic (exact) mass is 292 g/mol. The molecule has 3 rings (SSSR count). The summed E-state index contributed by atoms with van der Waals surface area (Å²) in [6, 6.07) is 19.9. The summed E-state index contributed by atoms with van der Waals surface area (Å²) in [7, 11) is 0. The highest BCUT2D eigenvalue weighted by atomic mass is 16.4. The maximum Gasteiger partial charge on any atom is 0.305 e. The van der Waals surface area contributed by atoms with E-state index in [1.54, 1.807) is 6.33 Å². The van der Waals surface area contributed by atoms with Crippen LogP contribution in [0.2, 0.25) is 0 Å². The van der Waals surface area contributed by atoms with E-state index in [1.165, 1.54) is 0 Å². The molecule has 0 aliphatic rings. The van der Waals surface area contributed by atoms with E-state index in [1.807, 2.05) is 65.2 Å². The molecule has 0 fully saturated rings. The van der Waals surface area contributed by atoms with Crippen molar-refractivity contribution in [1.29, 1.82) is 0 Å². The van der Waals surface area contributed by atoms with Gasteiger partial charge >= 0.3 is 5.97 Å². The zero-order valence-electron chi connectivity index (χ0n) is 12.0. The van der Waals surface area contributed by atoms with Gasteiger partial charge in [0.15, 0.2) is 0 Å². The van der Waals surface area contributed by atoms with Crippen LogP contribution >= 0.6 is 0 Å². The van der Waals surface area contributed by atoms with Gasteiger partial charge in [0.2, 0.25) is 0 Å². The van der Waals surface area contributed by atoms with Crippen molar-refractivity contribution >= 4 is 5.97 Å². The first-order chi connectivity index (χ1) is 10.8. The number of aliphatic carboxylic acids is 1. The summed E-state index contributed by atoms with van der Waals surface area (Å²) in [5, 5.41) is 8.93. The third-order valence-electron chi connectivity index (χ3n) is 3.50. The fourth-order valence-corrected chi connectivity index (χ4v) is 2.47. The summed E-state index contributed by atoms with van der Waals surface area (Å²) in [5.41, 5.74) is 3.88. The Morgan fingerprint density at radius 2 is 1.55 bits per heavy atom. The number of carbonyl (C=O) groups is 1. The van der Waals surface area contributed by atoms with Gasteiger partial charge < -0.3 is 9.67 Å². The van der Waals surface area contributed by atoms with Crippen LogP contribution in [0.1, 0.15) is 6.42 Å². The molecule has 3 aromatic rings. The van der Waals surface area contributed by atoms with E-state index in [4.69, 9.17) is 5.11 Å². The number of hydrogen-bond acceptors (Lipinski definition) is 2. The van der Waals surface area contributed by atoms with E-state index in [2.05, 4.69) is 4.98 Å². The second-order valence-corrected chi connectivity index (χ2v) is 5.01. The van der Waals surface area contributed by atoms with Gasteiger partial charge in [-0.3, -0.25) is 4.79 Å². The highest BCUT2D eigenvalue weighted by molar-refractivity contribution is 5.78. The molecule has 110 valence electrons. The van der Waals surface area contributed by atoms with Gasteiger partial charge in [-0.2, -0.15) is 0 Å². The predicted octanol–water partition coefficient (Wildman–Crippen LogP) is 3.69. The molecule has 0 aliphatic heterocycles. The molecular weight excluding hydrogens is 276 g/mol. The molecule has 0 saturated carbocycles. The number of aromatic nitrogens is 2. The average Bonchev–Trinajstić information content (AvgIpc) is 2.98. The zero-order valence-corrected chi connectivity index (χ0v) is 12.0. The Morgan fingerprint density at radius 3 is 2.14 bits per heavy atom. The van der Waals surface area contributed by atoms with Crippen LogP contribution in [0.15, 0.2) is 67.0 Å². The zero-order chi connectivity index (χ0) is 15.4. The first-order valence-electron chi connectivity index (χ1n) is 7.13. The van der Waals surface area contributed by atoms with Gasteiger partial charge in [0.05, 0.1) is 24.1 Å². The van der Waals surface area contributed by atoms with E-state index in [9.17, 15) is 4.79 Å². The molecule has 4 nitrogen and oxygen atoms in total. The van der Waals surface area contributed by atoms with Crippen molar-refractivity contribution in [1.82, 2.24) is 9.55 Å². The summed E-state index contributed by atoms with van der Waals surface area (Å²) in [6.07, 6.45) is 1.79. The SMILES string of the molecule is O=C(O)CCn1cnc(-c2ccccc2)c1-c1ccccc1. The van der Waals surface area contributed by atoms with Crippen molar-refractivity contribution in [3.05, 3.63) is 67.0 Å². The maximum absolute atomic E-state index is 10.9. The molecule has 0 atom stereocenters. The predicted molar refractivity (Wildman–Crippen MR) is 85.4 cm³/mol. The van der Waals surface area contributed by atoms with Crippen molar-refractivity contribution < 1.29 is 9.90 Å². The Hall–Kier alpha value is -2.88. The lowest BCUT2D eigenvalue weighted by atomic mass is 10.0. The Morgan fingerprint density at radius 1 is 0.955 bits per heavy atom. The number of imidazole rings is 1. The highest BCUT2D eigenvalue weighted by Crippen LogP contribution is 2.31. The van der Waals surface area contributed by atoms with Gasteiger partial charge in [0.1, 0.15) is 0 Å². The fraction of sp³-hybridized carbons (Fsp3) is 0.111. The van der Waals surface area contributed by atoms with Gasteiger partial charge in [0.25, 0.3) is 0 Å². The van der Waals surface area contributed by atoms with Crippen LogP contribution in [0.25, 0.3) is 22.5 Å². The summed E-state index contributed by atoms with van der Waals surface area (Å²) in [5.74, 6) is -0.811. The van der Waals surface area contributed by atoms with Crippen LogP contribution in [0, 0.1) is 0 Å². The number of carboxylic acid groups (broad SMARTS) is 1. The summed E-state index contributed by atoms with van der Waals surface area (Å²) < 4.78 is 1.91. The minimum Gasteiger partial charge on any atom is -0.481 e. The molecular formula is C18H16N2O2. The van der Waals surface area contributed by atoms with Crippen molar-refractivity contribution in [2.24, 2.45) is 0 Å². The normalized spacial score (nSPS) is 10.5. The third-order valence-corrected chi connectivity index (χ3v) is 3.50. The first kappa shape index (κ1) is 14.1. The van der Waals surface area contributed by atoms with Gasteiger partial charge in [-0.25, -0.2) is 4.98 Å².